The van der Waals surface area contributed by atoms with Gasteiger partial charge in [-0.2, -0.15) is 4.31 Å². The molecule has 158 valence electrons. The highest BCUT2D eigenvalue weighted by atomic mass is 32.2. The number of carbonyl (C=O) groups is 1. The van der Waals surface area contributed by atoms with Gasteiger partial charge >= 0.3 is 0 Å². The van der Waals surface area contributed by atoms with Crippen LogP contribution >= 0.6 is 0 Å². The molecule has 1 aromatic rings. The summed E-state index contributed by atoms with van der Waals surface area (Å²) in [5.74, 6) is -0.0233. The molecule has 7 heteroatoms. The van der Waals surface area contributed by atoms with Crippen LogP contribution in [0.15, 0.2) is 11.0 Å². The Morgan fingerprint density at radius 2 is 1.57 bits per heavy atom. The van der Waals surface area contributed by atoms with Crippen molar-refractivity contribution in [1.29, 1.82) is 0 Å². The van der Waals surface area contributed by atoms with E-state index in [1.807, 2.05) is 59.4 Å². The molecule has 0 bridgehead atoms. The largest absolute Gasteiger partial charge is 0.350 e. The fraction of sp³-hybridized carbons (Fsp3) is 0.667. The molecule has 1 heterocycles. The normalized spacial score (nSPS) is 17.4. The lowest BCUT2D eigenvalue weighted by Crippen LogP contribution is -2.46. The standard InChI is InChI=1S/C21H35N3O3S/c1-15-13-16(2)18(4)20(17(15)3)28(26,27)24-10-8-9-23(11-12-24)14-19(25)22-21(5,6)7/h13H,8-12,14H2,1-7H3,(H,22,25). The molecule has 1 aromatic carbocycles. The van der Waals surface area contributed by atoms with E-state index in [1.165, 1.54) is 0 Å². The summed E-state index contributed by atoms with van der Waals surface area (Å²) in [5.41, 5.74) is 3.38. The smallest absolute Gasteiger partial charge is 0.243 e. The molecule has 1 fully saturated rings. The number of hydrogen-bond acceptors (Lipinski definition) is 4. The highest BCUT2D eigenvalue weighted by molar-refractivity contribution is 7.89. The van der Waals surface area contributed by atoms with Gasteiger partial charge in [0.1, 0.15) is 0 Å². The third kappa shape index (κ3) is 5.33. The van der Waals surface area contributed by atoms with Crippen LogP contribution < -0.4 is 5.32 Å². The molecule has 0 atom stereocenters. The van der Waals surface area contributed by atoms with E-state index in [4.69, 9.17) is 0 Å². The summed E-state index contributed by atoms with van der Waals surface area (Å²) in [5, 5.41) is 2.97. The first kappa shape index (κ1) is 22.8. The zero-order valence-electron chi connectivity index (χ0n) is 18.3. The summed E-state index contributed by atoms with van der Waals surface area (Å²) in [6.07, 6.45) is 0.713. The van der Waals surface area contributed by atoms with E-state index in [9.17, 15) is 13.2 Å². The predicted octanol–water partition coefficient (Wildman–Crippen LogP) is 2.53. The van der Waals surface area contributed by atoms with Gasteiger partial charge in [-0.1, -0.05) is 6.07 Å². The van der Waals surface area contributed by atoms with Crippen LogP contribution in [-0.2, 0) is 14.8 Å². The van der Waals surface area contributed by atoms with Crippen molar-refractivity contribution >= 4 is 15.9 Å². The van der Waals surface area contributed by atoms with Gasteiger partial charge < -0.3 is 5.32 Å². The zero-order valence-corrected chi connectivity index (χ0v) is 19.2. The van der Waals surface area contributed by atoms with Gasteiger partial charge in [0.05, 0.1) is 11.4 Å². The number of rotatable bonds is 4. The number of nitrogens with zero attached hydrogens (tertiary/aromatic N) is 2. The molecule has 2 rings (SSSR count). The number of carbonyl (C=O) groups excluding carboxylic acids is 1. The van der Waals surface area contributed by atoms with Crippen LogP contribution in [-0.4, -0.2) is 61.8 Å². The Morgan fingerprint density at radius 3 is 2.11 bits per heavy atom. The van der Waals surface area contributed by atoms with Gasteiger partial charge in [-0.3, -0.25) is 9.69 Å². The highest BCUT2D eigenvalue weighted by Gasteiger charge is 2.31. The SMILES string of the molecule is Cc1cc(C)c(C)c(S(=O)(=O)N2CCCN(CC(=O)NC(C)(C)C)CC2)c1C. The number of aryl methyl sites for hydroxylation is 2. The lowest BCUT2D eigenvalue weighted by molar-refractivity contribution is -0.123. The zero-order chi connectivity index (χ0) is 21.3. The van der Waals surface area contributed by atoms with Gasteiger partial charge in [-0.25, -0.2) is 8.42 Å². The van der Waals surface area contributed by atoms with Crippen LogP contribution in [0.2, 0.25) is 0 Å². The fourth-order valence-corrected chi connectivity index (χ4v) is 5.75. The molecule has 0 aromatic heterocycles. The molecule has 1 aliphatic heterocycles. The first-order valence-corrected chi connectivity index (χ1v) is 11.4. The number of sulfonamides is 1. The molecule has 0 radical (unpaired) electrons. The number of amides is 1. The second kappa shape index (κ2) is 8.51. The maximum Gasteiger partial charge on any atom is 0.243 e. The molecule has 0 spiro atoms. The van der Waals surface area contributed by atoms with Crippen molar-refractivity contribution in [1.82, 2.24) is 14.5 Å². The first-order chi connectivity index (χ1) is 12.8. The van der Waals surface area contributed by atoms with Crippen molar-refractivity contribution < 1.29 is 13.2 Å². The molecular weight excluding hydrogens is 374 g/mol. The maximum absolute atomic E-state index is 13.4. The van der Waals surface area contributed by atoms with Crippen LogP contribution in [0.3, 0.4) is 0 Å². The van der Waals surface area contributed by atoms with Crippen molar-refractivity contribution in [2.45, 2.75) is 65.3 Å². The van der Waals surface area contributed by atoms with Crippen molar-refractivity contribution in [2.75, 3.05) is 32.7 Å². The van der Waals surface area contributed by atoms with Gasteiger partial charge in [0.15, 0.2) is 0 Å². The van der Waals surface area contributed by atoms with E-state index >= 15 is 0 Å². The molecule has 0 unspecified atom stereocenters. The van der Waals surface area contributed by atoms with Crippen LogP contribution in [0.5, 0.6) is 0 Å². The topological polar surface area (TPSA) is 69.7 Å². The van der Waals surface area contributed by atoms with Crippen molar-refractivity contribution in [2.24, 2.45) is 0 Å². The van der Waals surface area contributed by atoms with Crippen LogP contribution in [0.25, 0.3) is 0 Å². The predicted molar refractivity (Wildman–Crippen MR) is 113 cm³/mol. The summed E-state index contributed by atoms with van der Waals surface area (Å²) in [4.78, 5) is 14.7. The minimum absolute atomic E-state index is 0.0233. The Morgan fingerprint density at radius 1 is 1.00 bits per heavy atom. The van der Waals surface area contributed by atoms with Gasteiger partial charge in [0.2, 0.25) is 15.9 Å². The molecule has 28 heavy (non-hydrogen) atoms. The van der Waals surface area contributed by atoms with Gasteiger partial charge in [0.25, 0.3) is 0 Å². The first-order valence-electron chi connectivity index (χ1n) is 9.94. The average molecular weight is 410 g/mol. The molecule has 1 amide bonds. The summed E-state index contributed by atoms with van der Waals surface area (Å²) < 4.78 is 28.4. The van der Waals surface area contributed by atoms with E-state index in [0.717, 1.165) is 22.3 Å². The Kier molecular flexibility index (Phi) is 6.94. The van der Waals surface area contributed by atoms with Gasteiger partial charge in [-0.15, -0.1) is 0 Å². The lowest BCUT2D eigenvalue weighted by atomic mass is 10.0. The quantitative estimate of drug-likeness (QED) is 0.830. The Hall–Kier alpha value is -1.44. The molecule has 1 aliphatic rings. The van der Waals surface area contributed by atoms with Crippen LogP contribution in [0, 0.1) is 27.7 Å². The monoisotopic (exact) mass is 409 g/mol. The van der Waals surface area contributed by atoms with E-state index in [1.54, 1.807) is 4.31 Å². The summed E-state index contributed by atoms with van der Waals surface area (Å²) in [6.45, 7) is 16.0. The molecule has 1 saturated heterocycles. The Labute approximate surface area is 170 Å². The average Bonchev–Trinajstić information content (AvgIpc) is 2.77. The van der Waals surface area contributed by atoms with Crippen molar-refractivity contribution in [3.63, 3.8) is 0 Å². The summed E-state index contributed by atoms with van der Waals surface area (Å²) in [6, 6.07) is 2.04. The van der Waals surface area contributed by atoms with Crippen molar-refractivity contribution in [3.05, 3.63) is 28.3 Å². The minimum Gasteiger partial charge on any atom is -0.350 e. The fourth-order valence-electron chi connectivity index (χ4n) is 3.70. The summed E-state index contributed by atoms with van der Waals surface area (Å²) in [7, 11) is -3.57. The molecule has 6 nitrogen and oxygen atoms in total. The molecule has 1 N–H and O–H groups in total. The lowest BCUT2D eigenvalue weighted by Gasteiger charge is -2.25. The Bertz CT molecular complexity index is 815. The van der Waals surface area contributed by atoms with Gasteiger partial charge in [0, 0.05) is 25.2 Å². The van der Waals surface area contributed by atoms with E-state index in [-0.39, 0.29) is 11.4 Å². The molecule has 0 saturated carbocycles. The van der Waals surface area contributed by atoms with Crippen molar-refractivity contribution in [3.8, 4) is 0 Å². The summed E-state index contributed by atoms with van der Waals surface area (Å²) >= 11 is 0. The third-order valence-corrected chi connectivity index (χ3v) is 7.50. The van der Waals surface area contributed by atoms with E-state index in [0.29, 0.717) is 44.0 Å². The number of nitrogens with one attached hydrogen (secondary N) is 1. The van der Waals surface area contributed by atoms with E-state index in [2.05, 4.69) is 5.32 Å². The minimum atomic E-state index is -3.57. The number of hydrogen-bond donors (Lipinski definition) is 1. The van der Waals surface area contributed by atoms with Crippen LogP contribution in [0.4, 0.5) is 0 Å². The second-order valence-corrected chi connectivity index (χ2v) is 10.8. The maximum atomic E-state index is 13.4. The second-order valence-electron chi connectivity index (χ2n) is 8.92. The highest BCUT2D eigenvalue weighted by Crippen LogP contribution is 2.29. The van der Waals surface area contributed by atoms with Gasteiger partial charge in [-0.05, 0) is 83.7 Å². The molecular formula is C21H35N3O3S. The Balaban J connectivity index is 2.17. The molecule has 0 aliphatic carbocycles. The van der Waals surface area contributed by atoms with E-state index < -0.39 is 10.0 Å². The van der Waals surface area contributed by atoms with Crippen LogP contribution in [0.1, 0.15) is 49.4 Å². The number of benzene rings is 1. The third-order valence-electron chi connectivity index (χ3n) is 5.32.